The van der Waals surface area contributed by atoms with E-state index in [9.17, 15) is 14.4 Å². The highest BCUT2D eigenvalue weighted by atomic mass is 16.4. The maximum Gasteiger partial charge on any atom is 0.305 e. The number of carboxylic acid groups (broad SMARTS) is 1. The fraction of sp³-hybridized carbons (Fsp3) is 0.350. The van der Waals surface area contributed by atoms with Gasteiger partial charge in [0.2, 0.25) is 0 Å². The van der Waals surface area contributed by atoms with Crippen LogP contribution in [0.1, 0.15) is 59.6 Å². The van der Waals surface area contributed by atoms with E-state index >= 15 is 0 Å². The molecule has 0 bridgehead atoms. The molecular weight excluding hydrogens is 348 g/mol. The molecule has 1 aromatic heterocycles. The zero-order valence-corrected chi connectivity index (χ0v) is 15.7. The number of carboxylic acids is 1. The molecule has 2 aromatic rings. The van der Waals surface area contributed by atoms with Crippen LogP contribution in [0.3, 0.4) is 0 Å². The average Bonchev–Trinajstić information content (AvgIpc) is 3.17. The number of rotatable bonds is 8. The fourth-order valence-electron chi connectivity index (χ4n) is 2.81. The molecule has 0 aliphatic heterocycles. The zero-order valence-electron chi connectivity index (χ0n) is 15.7. The lowest BCUT2D eigenvalue weighted by atomic mass is 9.88. The Morgan fingerprint density at radius 3 is 2.37 bits per heavy atom. The van der Waals surface area contributed by atoms with Crippen molar-refractivity contribution >= 4 is 23.5 Å². The molecule has 27 heavy (non-hydrogen) atoms. The number of carbonyl (C=O) groups is 3. The minimum Gasteiger partial charge on any atom is -0.481 e. The largest absolute Gasteiger partial charge is 0.481 e. The highest BCUT2D eigenvalue weighted by molar-refractivity contribution is 6.04. The number of hydrogen-bond acceptors (Lipinski definition) is 4. The van der Waals surface area contributed by atoms with Crippen molar-refractivity contribution in [2.24, 2.45) is 0 Å². The van der Waals surface area contributed by atoms with Gasteiger partial charge in [0.25, 0.3) is 11.8 Å². The van der Waals surface area contributed by atoms with Crippen molar-refractivity contribution in [2.45, 2.75) is 45.6 Å². The molecule has 0 aliphatic rings. The van der Waals surface area contributed by atoms with E-state index in [1.54, 1.807) is 30.3 Å². The summed E-state index contributed by atoms with van der Waals surface area (Å²) in [4.78, 5) is 36.1. The van der Waals surface area contributed by atoms with Gasteiger partial charge in [-0.1, -0.05) is 19.9 Å². The molecule has 0 fully saturated rings. The zero-order chi connectivity index (χ0) is 20.0. The van der Waals surface area contributed by atoms with E-state index in [1.165, 1.54) is 6.26 Å². The first-order valence-electron chi connectivity index (χ1n) is 8.80. The van der Waals surface area contributed by atoms with Crippen LogP contribution < -0.4 is 10.6 Å². The number of hydrogen-bond donors (Lipinski definition) is 3. The molecule has 2 amide bonds. The molecule has 1 heterocycles. The third-order valence-electron chi connectivity index (χ3n) is 4.71. The summed E-state index contributed by atoms with van der Waals surface area (Å²) in [5, 5.41) is 14.7. The molecule has 0 radical (unpaired) electrons. The van der Waals surface area contributed by atoms with Crippen molar-refractivity contribution in [1.82, 2.24) is 5.32 Å². The van der Waals surface area contributed by atoms with Crippen LogP contribution in [0.2, 0.25) is 0 Å². The van der Waals surface area contributed by atoms with Crippen LogP contribution in [0.15, 0.2) is 41.0 Å². The van der Waals surface area contributed by atoms with Gasteiger partial charge in [-0.2, -0.15) is 0 Å². The molecular formula is C20H24N2O5. The molecule has 7 heteroatoms. The summed E-state index contributed by atoms with van der Waals surface area (Å²) in [5.41, 5.74) is 0.799. The summed E-state index contributed by atoms with van der Waals surface area (Å²) in [6, 6.07) is 8.10. The smallest absolute Gasteiger partial charge is 0.305 e. The minimum atomic E-state index is -0.964. The first kappa shape index (κ1) is 20.2. The topological polar surface area (TPSA) is 109 Å². The van der Waals surface area contributed by atoms with Gasteiger partial charge in [-0.25, -0.2) is 0 Å². The second-order valence-corrected chi connectivity index (χ2v) is 6.47. The molecule has 3 N–H and O–H groups in total. The number of benzene rings is 1. The van der Waals surface area contributed by atoms with Gasteiger partial charge >= 0.3 is 5.97 Å². The van der Waals surface area contributed by atoms with Crippen LogP contribution in [0, 0.1) is 6.92 Å². The van der Waals surface area contributed by atoms with Gasteiger partial charge in [0.1, 0.15) is 0 Å². The van der Waals surface area contributed by atoms with Crippen LogP contribution >= 0.6 is 0 Å². The summed E-state index contributed by atoms with van der Waals surface area (Å²) in [6.45, 7) is 5.50. The molecule has 7 nitrogen and oxygen atoms in total. The van der Waals surface area contributed by atoms with Gasteiger partial charge in [-0.15, -0.1) is 0 Å². The lowest BCUT2D eigenvalue weighted by Gasteiger charge is -2.31. The van der Waals surface area contributed by atoms with E-state index in [4.69, 9.17) is 9.52 Å². The van der Waals surface area contributed by atoms with Crippen LogP contribution in [0.25, 0.3) is 0 Å². The van der Waals surface area contributed by atoms with Crippen molar-refractivity contribution in [1.29, 1.82) is 0 Å². The van der Waals surface area contributed by atoms with E-state index < -0.39 is 17.4 Å². The van der Waals surface area contributed by atoms with Crippen LogP contribution in [0.5, 0.6) is 0 Å². The van der Waals surface area contributed by atoms with Gasteiger partial charge in [0, 0.05) is 11.3 Å². The number of amides is 2. The van der Waals surface area contributed by atoms with Gasteiger partial charge in [-0.3, -0.25) is 14.4 Å². The van der Waals surface area contributed by atoms with E-state index in [2.05, 4.69) is 10.6 Å². The van der Waals surface area contributed by atoms with E-state index in [1.807, 2.05) is 20.8 Å². The monoisotopic (exact) mass is 372 g/mol. The van der Waals surface area contributed by atoms with Gasteiger partial charge < -0.3 is 20.2 Å². The lowest BCUT2D eigenvalue weighted by Crippen LogP contribution is -2.49. The normalized spacial score (nSPS) is 11.1. The highest BCUT2D eigenvalue weighted by Crippen LogP contribution is 2.23. The van der Waals surface area contributed by atoms with Crippen molar-refractivity contribution < 1.29 is 23.9 Å². The maximum absolute atomic E-state index is 12.7. The molecule has 0 saturated carbocycles. The number of furan rings is 1. The maximum atomic E-state index is 12.7. The molecule has 0 unspecified atom stereocenters. The van der Waals surface area contributed by atoms with E-state index in [0.717, 1.165) is 5.56 Å². The summed E-state index contributed by atoms with van der Waals surface area (Å²) in [7, 11) is 0. The third-order valence-corrected chi connectivity index (χ3v) is 4.71. The second-order valence-electron chi connectivity index (χ2n) is 6.47. The number of aliphatic carboxylic acids is 1. The van der Waals surface area contributed by atoms with E-state index in [-0.39, 0.29) is 18.1 Å². The number of nitrogens with one attached hydrogen (secondary N) is 2. The molecule has 2 rings (SSSR count). The summed E-state index contributed by atoms with van der Waals surface area (Å²) in [5.74, 6) is -1.59. The van der Waals surface area contributed by atoms with Gasteiger partial charge in [0.05, 0.1) is 18.2 Å². The van der Waals surface area contributed by atoms with Crippen molar-refractivity contribution in [3.63, 3.8) is 0 Å². The first-order valence-corrected chi connectivity index (χ1v) is 8.80. The highest BCUT2D eigenvalue weighted by Gasteiger charge is 2.31. The van der Waals surface area contributed by atoms with Crippen LogP contribution in [0.4, 0.5) is 5.69 Å². The van der Waals surface area contributed by atoms with Gasteiger partial charge in [-0.05, 0) is 49.6 Å². The van der Waals surface area contributed by atoms with Crippen molar-refractivity contribution in [2.75, 3.05) is 5.32 Å². The average molecular weight is 372 g/mol. The lowest BCUT2D eigenvalue weighted by molar-refractivity contribution is -0.138. The molecule has 144 valence electrons. The Morgan fingerprint density at radius 2 is 1.81 bits per heavy atom. The van der Waals surface area contributed by atoms with Crippen molar-refractivity contribution in [3.8, 4) is 0 Å². The Balaban J connectivity index is 2.21. The summed E-state index contributed by atoms with van der Waals surface area (Å²) < 4.78 is 5.07. The predicted octanol–water partition coefficient (Wildman–Crippen LogP) is 3.60. The molecule has 0 aliphatic carbocycles. The van der Waals surface area contributed by atoms with Crippen molar-refractivity contribution in [3.05, 3.63) is 53.5 Å². The predicted molar refractivity (Wildman–Crippen MR) is 101 cm³/mol. The van der Waals surface area contributed by atoms with E-state index in [0.29, 0.717) is 24.1 Å². The Kier molecular flexibility index (Phi) is 6.39. The fourth-order valence-corrected chi connectivity index (χ4v) is 2.81. The molecule has 0 saturated heterocycles. The second kappa shape index (κ2) is 8.53. The van der Waals surface area contributed by atoms with Gasteiger partial charge in [0.15, 0.2) is 5.76 Å². The molecule has 0 atom stereocenters. The van der Waals surface area contributed by atoms with Crippen LogP contribution in [-0.2, 0) is 4.79 Å². The summed E-state index contributed by atoms with van der Waals surface area (Å²) >= 11 is 0. The Morgan fingerprint density at radius 1 is 1.11 bits per heavy atom. The number of anilines is 1. The number of aryl methyl sites for hydroxylation is 1. The Hall–Kier alpha value is -3.09. The Labute approximate surface area is 157 Å². The summed E-state index contributed by atoms with van der Waals surface area (Å²) in [6.07, 6.45) is 2.24. The quantitative estimate of drug-likeness (QED) is 0.656. The SMILES string of the molecule is CCC(CC)(CC(=O)O)NC(=O)c1ccc(C)c(NC(=O)c2ccco2)c1. The van der Waals surface area contributed by atoms with Crippen LogP contribution in [-0.4, -0.2) is 28.4 Å². The number of carbonyl (C=O) groups excluding carboxylic acids is 2. The Bertz CT molecular complexity index is 823. The minimum absolute atomic E-state index is 0.153. The molecule has 1 aromatic carbocycles. The molecule has 0 spiro atoms. The third kappa shape index (κ3) is 4.97. The first-order chi connectivity index (χ1) is 12.8. The standard InChI is InChI=1S/C20H24N2O5/c1-4-20(5-2,12-17(23)24)22-18(25)14-9-8-13(3)15(11-14)21-19(26)16-7-6-10-27-16/h6-11H,4-5,12H2,1-3H3,(H,21,26)(H,22,25)(H,23,24).